The summed E-state index contributed by atoms with van der Waals surface area (Å²) in [6.45, 7) is 2.11. The molecule has 0 aliphatic carbocycles. The standard InChI is InChI=1S/C22H18N2O2/c1-2-26-22(25)19-14-23-20-17-11-7-6-8-15(17)12-13-18(20)21(19)24-16-9-4-3-5-10-16/h3-14H,2H2,1H3,(H,23,24). The van der Waals surface area contributed by atoms with E-state index in [1.165, 1.54) is 0 Å². The van der Waals surface area contributed by atoms with E-state index in [1.807, 2.05) is 60.7 Å². The predicted molar refractivity (Wildman–Crippen MR) is 105 cm³/mol. The number of nitrogens with one attached hydrogen (secondary N) is 1. The Morgan fingerprint density at radius 1 is 0.962 bits per heavy atom. The van der Waals surface area contributed by atoms with Crippen molar-refractivity contribution in [2.75, 3.05) is 11.9 Å². The molecule has 4 aromatic rings. The van der Waals surface area contributed by atoms with Gasteiger partial charge in [0.05, 0.1) is 17.8 Å². The van der Waals surface area contributed by atoms with E-state index in [4.69, 9.17) is 4.74 Å². The van der Waals surface area contributed by atoms with Crippen LogP contribution in [0.4, 0.5) is 11.4 Å². The van der Waals surface area contributed by atoms with Crippen molar-refractivity contribution in [1.29, 1.82) is 0 Å². The van der Waals surface area contributed by atoms with E-state index < -0.39 is 0 Å². The van der Waals surface area contributed by atoms with Gasteiger partial charge < -0.3 is 10.1 Å². The number of hydrogen-bond acceptors (Lipinski definition) is 4. The zero-order chi connectivity index (χ0) is 17.9. The molecule has 0 fully saturated rings. The monoisotopic (exact) mass is 342 g/mol. The number of hydrogen-bond donors (Lipinski definition) is 1. The second-order valence-electron chi connectivity index (χ2n) is 5.94. The molecular weight excluding hydrogens is 324 g/mol. The summed E-state index contributed by atoms with van der Waals surface area (Å²) >= 11 is 0. The molecule has 0 spiro atoms. The number of rotatable bonds is 4. The largest absolute Gasteiger partial charge is 0.462 e. The predicted octanol–water partition coefficient (Wildman–Crippen LogP) is 5.31. The minimum atomic E-state index is -0.381. The number of para-hydroxylation sites is 1. The highest BCUT2D eigenvalue weighted by atomic mass is 16.5. The van der Waals surface area contributed by atoms with Crippen LogP contribution in [0.5, 0.6) is 0 Å². The van der Waals surface area contributed by atoms with Crippen LogP contribution in [0.3, 0.4) is 0 Å². The maximum absolute atomic E-state index is 12.5. The first-order valence-corrected chi connectivity index (χ1v) is 8.57. The number of benzene rings is 3. The molecule has 0 aliphatic heterocycles. The van der Waals surface area contributed by atoms with E-state index in [1.54, 1.807) is 13.1 Å². The number of aromatic nitrogens is 1. The smallest absolute Gasteiger partial charge is 0.341 e. The molecular formula is C22H18N2O2. The van der Waals surface area contributed by atoms with Crippen LogP contribution in [0.2, 0.25) is 0 Å². The molecule has 26 heavy (non-hydrogen) atoms. The average Bonchev–Trinajstić information content (AvgIpc) is 2.69. The van der Waals surface area contributed by atoms with Gasteiger partial charge in [-0.25, -0.2) is 4.79 Å². The number of fused-ring (bicyclic) bond motifs is 3. The van der Waals surface area contributed by atoms with Crippen LogP contribution in [-0.2, 0) is 4.74 Å². The summed E-state index contributed by atoms with van der Waals surface area (Å²) in [7, 11) is 0. The molecule has 0 aliphatic rings. The molecule has 4 nitrogen and oxygen atoms in total. The summed E-state index contributed by atoms with van der Waals surface area (Å²) in [5, 5.41) is 6.43. The Hall–Kier alpha value is -3.40. The van der Waals surface area contributed by atoms with E-state index >= 15 is 0 Å². The molecule has 0 unspecified atom stereocenters. The molecule has 128 valence electrons. The Morgan fingerprint density at radius 3 is 2.54 bits per heavy atom. The van der Waals surface area contributed by atoms with Gasteiger partial charge >= 0.3 is 5.97 Å². The van der Waals surface area contributed by atoms with Crippen molar-refractivity contribution in [1.82, 2.24) is 4.98 Å². The molecule has 1 N–H and O–H groups in total. The minimum Gasteiger partial charge on any atom is -0.462 e. The number of esters is 1. The van der Waals surface area contributed by atoms with Crippen molar-refractivity contribution in [3.63, 3.8) is 0 Å². The molecule has 0 amide bonds. The molecule has 4 heteroatoms. The zero-order valence-corrected chi connectivity index (χ0v) is 14.4. The highest BCUT2D eigenvalue weighted by Gasteiger charge is 2.18. The van der Waals surface area contributed by atoms with Gasteiger partial charge in [0.2, 0.25) is 0 Å². The normalized spacial score (nSPS) is 10.8. The number of carbonyl (C=O) groups is 1. The molecule has 0 saturated carbocycles. The Bertz CT molecular complexity index is 1090. The van der Waals surface area contributed by atoms with Crippen molar-refractivity contribution >= 4 is 39.0 Å². The van der Waals surface area contributed by atoms with Crippen LogP contribution in [0.25, 0.3) is 21.7 Å². The van der Waals surface area contributed by atoms with E-state index in [9.17, 15) is 4.79 Å². The van der Waals surface area contributed by atoms with Crippen LogP contribution in [-0.4, -0.2) is 17.6 Å². The van der Waals surface area contributed by atoms with Crippen molar-refractivity contribution in [3.8, 4) is 0 Å². The van der Waals surface area contributed by atoms with Crippen molar-refractivity contribution in [2.24, 2.45) is 0 Å². The minimum absolute atomic E-state index is 0.319. The van der Waals surface area contributed by atoms with Crippen LogP contribution in [0.15, 0.2) is 72.9 Å². The molecule has 4 rings (SSSR count). The molecule has 1 heterocycles. The SMILES string of the molecule is CCOC(=O)c1cnc2c(ccc3ccccc32)c1Nc1ccccc1. The first kappa shape index (κ1) is 16.1. The molecule has 1 aromatic heterocycles. The average molecular weight is 342 g/mol. The topological polar surface area (TPSA) is 51.2 Å². The first-order chi connectivity index (χ1) is 12.8. The van der Waals surface area contributed by atoms with Gasteiger partial charge in [0.25, 0.3) is 0 Å². The fraction of sp³-hybridized carbons (Fsp3) is 0.0909. The summed E-state index contributed by atoms with van der Waals surface area (Å²) in [5.41, 5.74) is 2.90. The number of nitrogens with zero attached hydrogens (tertiary/aromatic N) is 1. The van der Waals surface area contributed by atoms with Crippen LogP contribution in [0.1, 0.15) is 17.3 Å². The van der Waals surface area contributed by atoms with Crippen LogP contribution < -0.4 is 5.32 Å². The van der Waals surface area contributed by atoms with Gasteiger partial charge in [-0.05, 0) is 24.4 Å². The fourth-order valence-corrected chi connectivity index (χ4v) is 3.10. The van der Waals surface area contributed by atoms with Crippen LogP contribution in [0, 0.1) is 0 Å². The number of anilines is 2. The molecule has 0 bridgehead atoms. The van der Waals surface area contributed by atoms with Gasteiger partial charge in [-0.3, -0.25) is 4.98 Å². The second kappa shape index (κ2) is 6.84. The number of ether oxygens (including phenoxy) is 1. The number of carbonyl (C=O) groups excluding carboxylic acids is 1. The van der Waals surface area contributed by atoms with Crippen LogP contribution >= 0.6 is 0 Å². The summed E-state index contributed by atoms with van der Waals surface area (Å²) in [6.07, 6.45) is 1.60. The molecule has 0 saturated heterocycles. The van der Waals surface area contributed by atoms with Gasteiger partial charge in [-0.1, -0.05) is 54.6 Å². The summed E-state index contributed by atoms with van der Waals surface area (Å²) in [6, 6.07) is 21.9. The lowest BCUT2D eigenvalue weighted by molar-refractivity contribution is 0.0527. The van der Waals surface area contributed by atoms with Gasteiger partial charge in [-0.15, -0.1) is 0 Å². The van der Waals surface area contributed by atoms with Gasteiger partial charge in [0.15, 0.2) is 0 Å². The zero-order valence-electron chi connectivity index (χ0n) is 14.4. The summed E-state index contributed by atoms with van der Waals surface area (Å²) in [5.74, 6) is -0.381. The van der Waals surface area contributed by atoms with E-state index in [-0.39, 0.29) is 5.97 Å². The number of pyridine rings is 1. The second-order valence-corrected chi connectivity index (χ2v) is 5.94. The Labute approximate surface area is 151 Å². The lowest BCUT2D eigenvalue weighted by Crippen LogP contribution is -2.09. The van der Waals surface area contributed by atoms with E-state index in [0.717, 1.165) is 27.4 Å². The third-order valence-electron chi connectivity index (χ3n) is 4.30. The first-order valence-electron chi connectivity index (χ1n) is 8.57. The lowest BCUT2D eigenvalue weighted by atomic mass is 10.0. The maximum Gasteiger partial charge on any atom is 0.341 e. The molecule has 0 radical (unpaired) electrons. The van der Waals surface area contributed by atoms with Gasteiger partial charge in [-0.2, -0.15) is 0 Å². The summed E-state index contributed by atoms with van der Waals surface area (Å²) < 4.78 is 5.22. The van der Waals surface area contributed by atoms with Crippen molar-refractivity contribution < 1.29 is 9.53 Å². The Balaban J connectivity index is 1.97. The Kier molecular flexibility index (Phi) is 4.23. The third-order valence-corrected chi connectivity index (χ3v) is 4.30. The lowest BCUT2D eigenvalue weighted by Gasteiger charge is -2.15. The van der Waals surface area contributed by atoms with E-state index in [0.29, 0.717) is 17.9 Å². The summed E-state index contributed by atoms with van der Waals surface area (Å²) in [4.78, 5) is 17.0. The Morgan fingerprint density at radius 2 is 1.73 bits per heavy atom. The molecule has 3 aromatic carbocycles. The highest BCUT2D eigenvalue weighted by molar-refractivity contribution is 6.13. The molecule has 0 atom stereocenters. The third kappa shape index (κ3) is 2.86. The van der Waals surface area contributed by atoms with Gasteiger partial charge in [0, 0.05) is 22.7 Å². The van der Waals surface area contributed by atoms with Crippen molar-refractivity contribution in [3.05, 3.63) is 78.5 Å². The quantitative estimate of drug-likeness (QED) is 0.403. The fourth-order valence-electron chi connectivity index (χ4n) is 3.10. The highest BCUT2D eigenvalue weighted by Crippen LogP contribution is 2.33. The van der Waals surface area contributed by atoms with E-state index in [2.05, 4.69) is 16.4 Å². The van der Waals surface area contributed by atoms with Gasteiger partial charge in [0.1, 0.15) is 5.56 Å². The maximum atomic E-state index is 12.5. The van der Waals surface area contributed by atoms with Crippen molar-refractivity contribution in [2.45, 2.75) is 6.92 Å².